The van der Waals surface area contributed by atoms with Crippen LogP contribution < -0.4 is 0 Å². The van der Waals surface area contributed by atoms with E-state index in [1.807, 2.05) is 0 Å². The van der Waals surface area contributed by atoms with Crippen LogP contribution in [0.2, 0.25) is 0 Å². The number of allylic oxidation sites excluding steroid dienone is 12. The highest BCUT2D eigenvalue weighted by Crippen LogP contribution is 2.17. The summed E-state index contributed by atoms with van der Waals surface area (Å²) in [4.78, 5) is 38.2. The maximum Gasteiger partial charge on any atom is 0.306 e. The number of carbonyl (C=O) groups excluding carboxylic acids is 3. The largest absolute Gasteiger partial charge is 0.462 e. The lowest BCUT2D eigenvalue weighted by Crippen LogP contribution is -2.30. The van der Waals surface area contributed by atoms with E-state index < -0.39 is 6.10 Å². The van der Waals surface area contributed by atoms with E-state index in [9.17, 15) is 14.4 Å². The average molecular weight is 1030 g/mol. The normalized spacial score (nSPS) is 12.5. The summed E-state index contributed by atoms with van der Waals surface area (Å²) in [6.07, 6.45) is 80.5. The molecule has 0 aromatic rings. The Hall–Kier alpha value is -3.15. The number of hydrogen-bond acceptors (Lipinski definition) is 6. The van der Waals surface area contributed by atoms with Gasteiger partial charge >= 0.3 is 17.9 Å². The number of unbranched alkanes of at least 4 members (excludes halogenated alkanes) is 35. The van der Waals surface area contributed by atoms with Gasteiger partial charge in [-0.1, -0.05) is 306 Å². The first kappa shape index (κ1) is 70.8. The molecular formula is C68H120O6. The summed E-state index contributed by atoms with van der Waals surface area (Å²) in [5.41, 5.74) is 0. The molecule has 0 aliphatic carbocycles. The van der Waals surface area contributed by atoms with Gasteiger partial charge in [0.15, 0.2) is 6.10 Å². The molecule has 1 atom stereocenters. The molecule has 1 unspecified atom stereocenters. The molecule has 0 saturated carbocycles. The van der Waals surface area contributed by atoms with Crippen molar-refractivity contribution in [2.75, 3.05) is 13.2 Å². The van der Waals surface area contributed by atoms with E-state index in [2.05, 4.69) is 93.7 Å². The number of ether oxygens (including phenoxy) is 3. The smallest absolute Gasteiger partial charge is 0.306 e. The second kappa shape index (κ2) is 62.4. The quantitative estimate of drug-likeness (QED) is 0.0261. The first-order valence-electron chi connectivity index (χ1n) is 31.9. The summed E-state index contributed by atoms with van der Waals surface area (Å²) in [7, 11) is 0. The van der Waals surface area contributed by atoms with Crippen LogP contribution in [-0.2, 0) is 28.6 Å². The van der Waals surface area contributed by atoms with Crippen LogP contribution in [0.5, 0.6) is 0 Å². The van der Waals surface area contributed by atoms with Crippen LogP contribution in [0.25, 0.3) is 0 Å². The highest BCUT2D eigenvalue weighted by molar-refractivity contribution is 5.71. The van der Waals surface area contributed by atoms with Crippen LogP contribution in [0.4, 0.5) is 0 Å². The van der Waals surface area contributed by atoms with Gasteiger partial charge in [-0.2, -0.15) is 0 Å². The fraction of sp³-hybridized carbons (Fsp3) is 0.779. The number of esters is 3. The van der Waals surface area contributed by atoms with Crippen LogP contribution in [0, 0.1) is 0 Å². The lowest BCUT2D eigenvalue weighted by molar-refractivity contribution is -0.167. The van der Waals surface area contributed by atoms with Crippen molar-refractivity contribution >= 4 is 17.9 Å². The molecule has 0 spiro atoms. The molecule has 6 nitrogen and oxygen atoms in total. The van der Waals surface area contributed by atoms with Crippen molar-refractivity contribution in [1.29, 1.82) is 0 Å². The lowest BCUT2D eigenvalue weighted by atomic mass is 10.0. The van der Waals surface area contributed by atoms with Gasteiger partial charge in [0.1, 0.15) is 13.2 Å². The van der Waals surface area contributed by atoms with Gasteiger partial charge in [-0.15, -0.1) is 0 Å². The van der Waals surface area contributed by atoms with E-state index in [0.29, 0.717) is 19.3 Å². The van der Waals surface area contributed by atoms with Crippen molar-refractivity contribution in [3.63, 3.8) is 0 Å². The maximum absolute atomic E-state index is 12.9. The van der Waals surface area contributed by atoms with Crippen LogP contribution in [0.3, 0.4) is 0 Å². The summed E-state index contributed by atoms with van der Waals surface area (Å²) in [5, 5.41) is 0. The first-order chi connectivity index (χ1) is 36.5. The molecule has 0 N–H and O–H groups in total. The highest BCUT2D eigenvalue weighted by atomic mass is 16.6. The molecular weight excluding hydrogens is 913 g/mol. The first-order valence-corrected chi connectivity index (χ1v) is 31.9. The summed E-state index contributed by atoms with van der Waals surface area (Å²) in [5.74, 6) is -0.859. The SMILES string of the molecule is CC/C=C\C/C=C\C/C=C\C/C=C\C/C=C\C/C=C\CCCCCCCCCCCCC(=O)OCC(COC(=O)CCCCCCCCCCCCC)OC(=O)CCCCCCCCCCCCCCCCCC. The molecule has 0 heterocycles. The summed E-state index contributed by atoms with van der Waals surface area (Å²) < 4.78 is 16.9. The predicted octanol–water partition coefficient (Wildman–Crippen LogP) is 21.7. The number of hydrogen-bond donors (Lipinski definition) is 0. The van der Waals surface area contributed by atoms with E-state index >= 15 is 0 Å². The Morgan fingerprint density at radius 2 is 0.527 bits per heavy atom. The standard InChI is InChI=1S/C68H120O6/c1-4-7-10-13-16-19-22-24-26-28-29-30-31-32-33-34-35-36-37-38-39-40-42-43-46-49-52-55-58-61-67(70)73-64-65(63-72-66(69)60-57-54-51-48-45-21-18-15-12-9-6-3)74-68(71)62-59-56-53-50-47-44-41-27-25-23-20-17-14-11-8-5-2/h7,10,16,19,24,26,29-30,32-33,35-36,65H,4-6,8-9,11-15,17-18,20-23,25,27-28,31,34,37-64H2,1-3H3/b10-7-,19-16-,26-24-,30-29-,33-32-,36-35-. The van der Waals surface area contributed by atoms with Crippen molar-refractivity contribution in [1.82, 2.24) is 0 Å². The maximum atomic E-state index is 12.9. The lowest BCUT2D eigenvalue weighted by Gasteiger charge is -2.18. The number of carbonyl (C=O) groups is 3. The van der Waals surface area contributed by atoms with Gasteiger partial charge in [-0.3, -0.25) is 14.4 Å². The van der Waals surface area contributed by atoms with E-state index in [4.69, 9.17) is 14.2 Å². The zero-order valence-electron chi connectivity index (χ0n) is 49.1. The van der Waals surface area contributed by atoms with Gasteiger partial charge in [0.2, 0.25) is 0 Å². The molecule has 74 heavy (non-hydrogen) atoms. The molecule has 0 rings (SSSR count). The van der Waals surface area contributed by atoms with Crippen LogP contribution in [0.15, 0.2) is 72.9 Å². The van der Waals surface area contributed by atoms with Crippen molar-refractivity contribution in [2.24, 2.45) is 0 Å². The van der Waals surface area contributed by atoms with E-state index in [1.54, 1.807) is 0 Å². The third-order valence-electron chi connectivity index (χ3n) is 14.0. The van der Waals surface area contributed by atoms with Crippen molar-refractivity contribution in [3.05, 3.63) is 72.9 Å². The summed E-state index contributed by atoms with van der Waals surface area (Å²) >= 11 is 0. The Morgan fingerprint density at radius 3 is 0.824 bits per heavy atom. The molecule has 0 aromatic heterocycles. The van der Waals surface area contributed by atoms with Crippen LogP contribution >= 0.6 is 0 Å². The Bertz CT molecular complexity index is 1370. The third-order valence-corrected chi connectivity index (χ3v) is 14.0. The topological polar surface area (TPSA) is 78.9 Å². The van der Waals surface area contributed by atoms with Gasteiger partial charge in [0.05, 0.1) is 0 Å². The Kier molecular flexibility index (Phi) is 59.7. The Morgan fingerprint density at radius 1 is 0.284 bits per heavy atom. The monoisotopic (exact) mass is 1030 g/mol. The van der Waals surface area contributed by atoms with Crippen LogP contribution in [-0.4, -0.2) is 37.2 Å². The van der Waals surface area contributed by atoms with Crippen molar-refractivity contribution in [3.8, 4) is 0 Å². The third kappa shape index (κ3) is 59.7. The van der Waals surface area contributed by atoms with E-state index in [-0.39, 0.29) is 31.1 Å². The Labute approximate surface area is 459 Å². The predicted molar refractivity (Wildman–Crippen MR) is 321 cm³/mol. The minimum atomic E-state index is -0.773. The van der Waals surface area contributed by atoms with Crippen molar-refractivity contribution < 1.29 is 28.6 Å². The average Bonchev–Trinajstić information content (AvgIpc) is 3.40. The Balaban J connectivity index is 4.21. The molecule has 0 fully saturated rings. The zero-order valence-corrected chi connectivity index (χ0v) is 49.1. The molecule has 6 heteroatoms. The second-order valence-corrected chi connectivity index (χ2v) is 21.3. The van der Waals surface area contributed by atoms with E-state index in [1.165, 1.54) is 186 Å². The minimum absolute atomic E-state index is 0.0711. The molecule has 0 bridgehead atoms. The minimum Gasteiger partial charge on any atom is -0.462 e. The highest BCUT2D eigenvalue weighted by Gasteiger charge is 2.19. The molecule has 0 aliphatic heterocycles. The molecule has 0 amide bonds. The summed E-state index contributed by atoms with van der Waals surface area (Å²) in [6, 6.07) is 0. The molecule has 0 aliphatic rings. The number of rotatable bonds is 58. The van der Waals surface area contributed by atoms with Crippen LogP contribution in [0.1, 0.15) is 323 Å². The van der Waals surface area contributed by atoms with Gasteiger partial charge in [0.25, 0.3) is 0 Å². The molecule has 428 valence electrons. The molecule has 0 aromatic carbocycles. The van der Waals surface area contributed by atoms with Gasteiger partial charge in [0, 0.05) is 19.3 Å². The van der Waals surface area contributed by atoms with Crippen molar-refractivity contribution in [2.45, 2.75) is 329 Å². The fourth-order valence-corrected chi connectivity index (χ4v) is 9.21. The molecule has 0 radical (unpaired) electrons. The fourth-order valence-electron chi connectivity index (χ4n) is 9.21. The second-order valence-electron chi connectivity index (χ2n) is 21.3. The van der Waals surface area contributed by atoms with Gasteiger partial charge < -0.3 is 14.2 Å². The zero-order chi connectivity index (χ0) is 53.6. The summed E-state index contributed by atoms with van der Waals surface area (Å²) in [6.45, 7) is 6.56. The molecule has 0 saturated heterocycles. The van der Waals surface area contributed by atoms with Gasteiger partial charge in [-0.05, 0) is 70.6 Å². The van der Waals surface area contributed by atoms with Gasteiger partial charge in [-0.25, -0.2) is 0 Å². The van der Waals surface area contributed by atoms with E-state index in [0.717, 1.165) is 96.3 Å².